The SMILES string of the molecule is O=Cc1ccnc2c1NCC2. The number of nitrogens with one attached hydrogen (secondary N) is 1. The molecule has 2 rings (SSSR count). The largest absolute Gasteiger partial charge is 0.383 e. The van der Waals surface area contributed by atoms with Crippen molar-refractivity contribution in [2.45, 2.75) is 6.42 Å². The number of rotatable bonds is 1. The fourth-order valence-corrected chi connectivity index (χ4v) is 1.32. The van der Waals surface area contributed by atoms with E-state index in [0.717, 1.165) is 30.6 Å². The van der Waals surface area contributed by atoms with Crippen molar-refractivity contribution in [1.29, 1.82) is 0 Å². The summed E-state index contributed by atoms with van der Waals surface area (Å²) >= 11 is 0. The van der Waals surface area contributed by atoms with Gasteiger partial charge in [0, 0.05) is 24.7 Å². The first kappa shape index (κ1) is 6.34. The smallest absolute Gasteiger partial charge is 0.152 e. The molecule has 3 heteroatoms. The molecule has 1 aromatic heterocycles. The Morgan fingerprint density at radius 1 is 1.64 bits per heavy atom. The lowest BCUT2D eigenvalue weighted by Crippen LogP contribution is -1.94. The molecule has 0 aliphatic carbocycles. The average Bonchev–Trinajstić information content (AvgIpc) is 2.50. The Kier molecular flexibility index (Phi) is 1.35. The number of carbonyl (C=O) groups excluding carboxylic acids is 1. The quantitative estimate of drug-likeness (QED) is 0.600. The third-order valence-electron chi connectivity index (χ3n) is 1.85. The highest BCUT2D eigenvalue weighted by molar-refractivity contribution is 5.85. The van der Waals surface area contributed by atoms with Gasteiger partial charge in [-0.05, 0) is 6.07 Å². The zero-order chi connectivity index (χ0) is 7.68. The molecule has 0 atom stereocenters. The molecule has 0 amide bonds. The maximum atomic E-state index is 10.5. The van der Waals surface area contributed by atoms with Gasteiger partial charge in [0.1, 0.15) is 0 Å². The average molecular weight is 148 g/mol. The lowest BCUT2D eigenvalue weighted by molar-refractivity contribution is 0.112. The molecule has 0 bridgehead atoms. The van der Waals surface area contributed by atoms with Crippen LogP contribution in [0.15, 0.2) is 12.3 Å². The molecule has 1 aromatic rings. The topological polar surface area (TPSA) is 42.0 Å². The van der Waals surface area contributed by atoms with Crippen molar-refractivity contribution in [3.63, 3.8) is 0 Å². The molecule has 1 aliphatic heterocycles. The second kappa shape index (κ2) is 2.34. The van der Waals surface area contributed by atoms with Crippen molar-refractivity contribution < 1.29 is 4.79 Å². The van der Waals surface area contributed by atoms with Gasteiger partial charge >= 0.3 is 0 Å². The van der Waals surface area contributed by atoms with Gasteiger partial charge in [0.25, 0.3) is 0 Å². The van der Waals surface area contributed by atoms with Gasteiger partial charge in [-0.2, -0.15) is 0 Å². The van der Waals surface area contributed by atoms with Gasteiger partial charge in [0.05, 0.1) is 11.4 Å². The Morgan fingerprint density at radius 3 is 3.36 bits per heavy atom. The highest BCUT2D eigenvalue weighted by Gasteiger charge is 2.13. The lowest BCUT2D eigenvalue weighted by Gasteiger charge is -1.99. The van der Waals surface area contributed by atoms with E-state index < -0.39 is 0 Å². The number of fused-ring (bicyclic) bond motifs is 1. The van der Waals surface area contributed by atoms with Crippen LogP contribution in [0.2, 0.25) is 0 Å². The number of nitrogens with zero attached hydrogens (tertiary/aromatic N) is 1. The number of aldehydes is 1. The van der Waals surface area contributed by atoms with Crippen molar-refractivity contribution in [2.75, 3.05) is 11.9 Å². The highest BCUT2D eigenvalue weighted by Crippen LogP contribution is 2.22. The zero-order valence-corrected chi connectivity index (χ0v) is 6.00. The third-order valence-corrected chi connectivity index (χ3v) is 1.85. The van der Waals surface area contributed by atoms with Gasteiger partial charge in [-0.25, -0.2) is 0 Å². The second-order valence-electron chi connectivity index (χ2n) is 2.52. The molecule has 3 nitrogen and oxygen atoms in total. The van der Waals surface area contributed by atoms with Gasteiger partial charge in [-0.3, -0.25) is 9.78 Å². The van der Waals surface area contributed by atoms with Gasteiger partial charge in [-0.1, -0.05) is 0 Å². The monoisotopic (exact) mass is 148 g/mol. The number of pyridine rings is 1. The predicted octanol–water partition coefficient (Wildman–Crippen LogP) is 0.862. The first-order valence-electron chi connectivity index (χ1n) is 3.59. The maximum Gasteiger partial charge on any atom is 0.152 e. The van der Waals surface area contributed by atoms with Crippen LogP contribution >= 0.6 is 0 Å². The molecule has 0 saturated heterocycles. The molecular formula is C8H8N2O. The summed E-state index contributed by atoms with van der Waals surface area (Å²) in [6.07, 6.45) is 3.46. The number of anilines is 1. The van der Waals surface area contributed by atoms with Crippen LogP contribution in [0, 0.1) is 0 Å². The Balaban J connectivity index is 2.58. The highest BCUT2D eigenvalue weighted by atomic mass is 16.1. The molecule has 0 aromatic carbocycles. The van der Waals surface area contributed by atoms with E-state index in [2.05, 4.69) is 10.3 Å². The van der Waals surface area contributed by atoms with Crippen molar-refractivity contribution in [1.82, 2.24) is 4.98 Å². The summed E-state index contributed by atoms with van der Waals surface area (Å²) in [5.41, 5.74) is 2.64. The van der Waals surface area contributed by atoms with E-state index >= 15 is 0 Å². The third kappa shape index (κ3) is 0.888. The van der Waals surface area contributed by atoms with Gasteiger partial charge in [0.15, 0.2) is 6.29 Å². The lowest BCUT2D eigenvalue weighted by atomic mass is 10.2. The van der Waals surface area contributed by atoms with Crippen molar-refractivity contribution >= 4 is 12.0 Å². The molecule has 2 heterocycles. The summed E-state index contributed by atoms with van der Waals surface area (Å²) in [7, 11) is 0. The molecule has 0 spiro atoms. The van der Waals surface area contributed by atoms with E-state index in [0.29, 0.717) is 5.56 Å². The maximum absolute atomic E-state index is 10.5. The minimum atomic E-state index is 0.715. The van der Waals surface area contributed by atoms with Crippen LogP contribution < -0.4 is 5.32 Å². The van der Waals surface area contributed by atoms with E-state index in [1.54, 1.807) is 12.3 Å². The molecule has 11 heavy (non-hydrogen) atoms. The number of aromatic nitrogens is 1. The first-order valence-corrected chi connectivity index (χ1v) is 3.59. The van der Waals surface area contributed by atoms with Crippen LogP contribution in [0.1, 0.15) is 16.1 Å². The molecule has 0 unspecified atom stereocenters. The Labute approximate surface area is 64.5 Å². The molecule has 0 fully saturated rings. The van der Waals surface area contributed by atoms with Crippen LogP contribution in [0.4, 0.5) is 5.69 Å². The standard InChI is InChI=1S/C8H8N2O/c11-5-6-1-3-9-7-2-4-10-8(6)7/h1,3,5,10H,2,4H2. The molecule has 1 aliphatic rings. The Bertz CT molecular complexity index is 296. The van der Waals surface area contributed by atoms with E-state index in [1.807, 2.05) is 0 Å². The predicted molar refractivity (Wildman–Crippen MR) is 41.8 cm³/mol. The van der Waals surface area contributed by atoms with E-state index in [9.17, 15) is 4.79 Å². The summed E-state index contributed by atoms with van der Waals surface area (Å²) in [4.78, 5) is 14.6. The summed E-state index contributed by atoms with van der Waals surface area (Å²) in [6, 6.07) is 1.73. The van der Waals surface area contributed by atoms with Crippen LogP contribution in [0.25, 0.3) is 0 Å². The van der Waals surface area contributed by atoms with Crippen LogP contribution in [0.3, 0.4) is 0 Å². The Hall–Kier alpha value is -1.38. The summed E-state index contributed by atoms with van der Waals surface area (Å²) in [6.45, 7) is 0.896. The fraction of sp³-hybridized carbons (Fsp3) is 0.250. The Morgan fingerprint density at radius 2 is 2.55 bits per heavy atom. The molecule has 1 N–H and O–H groups in total. The normalized spacial score (nSPS) is 13.8. The van der Waals surface area contributed by atoms with Crippen LogP contribution in [-0.2, 0) is 6.42 Å². The van der Waals surface area contributed by atoms with E-state index in [4.69, 9.17) is 0 Å². The van der Waals surface area contributed by atoms with Crippen molar-refractivity contribution in [3.05, 3.63) is 23.5 Å². The fourth-order valence-electron chi connectivity index (χ4n) is 1.32. The van der Waals surface area contributed by atoms with E-state index in [1.165, 1.54) is 0 Å². The van der Waals surface area contributed by atoms with E-state index in [-0.39, 0.29) is 0 Å². The molecular weight excluding hydrogens is 140 g/mol. The zero-order valence-electron chi connectivity index (χ0n) is 6.00. The van der Waals surface area contributed by atoms with Gasteiger partial charge in [-0.15, -0.1) is 0 Å². The number of carbonyl (C=O) groups is 1. The van der Waals surface area contributed by atoms with Gasteiger partial charge < -0.3 is 5.32 Å². The minimum Gasteiger partial charge on any atom is -0.383 e. The van der Waals surface area contributed by atoms with Crippen LogP contribution in [0.5, 0.6) is 0 Å². The number of hydrogen-bond acceptors (Lipinski definition) is 3. The molecule has 0 radical (unpaired) electrons. The number of hydrogen-bond donors (Lipinski definition) is 1. The second-order valence-corrected chi connectivity index (χ2v) is 2.52. The summed E-state index contributed by atoms with van der Waals surface area (Å²) in [5, 5.41) is 3.13. The summed E-state index contributed by atoms with van der Waals surface area (Å²) in [5.74, 6) is 0. The molecule has 56 valence electrons. The van der Waals surface area contributed by atoms with Gasteiger partial charge in [0.2, 0.25) is 0 Å². The first-order chi connectivity index (χ1) is 5.42. The van der Waals surface area contributed by atoms with Crippen LogP contribution in [-0.4, -0.2) is 17.8 Å². The molecule has 0 saturated carbocycles. The van der Waals surface area contributed by atoms with Crippen molar-refractivity contribution in [3.8, 4) is 0 Å². The van der Waals surface area contributed by atoms with Crippen molar-refractivity contribution in [2.24, 2.45) is 0 Å². The summed E-state index contributed by atoms with van der Waals surface area (Å²) < 4.78 is 0. The minimum absolute atomic E-state index is 0.715.